The van der Waals surface area contributed by atoms with E-state index < -0.39 is 11.6 Å². The molecule has 4 amide bonds. The van der Waals surface area contributed by atoms with E-state index in [9.17, 15) is 14.4 Å². The lowest BCUT2D eigenvalue weighted by molar-refractivity contribution is -0.136. The van der Waals surface area contributed by atoms with Gasteiger partial charge in [0.05, 0.1) is 0 Å². The summed E-state index contributed by atoms with van der Waals surface area (Å²) in [5.74, 6) is -0.471. The molecule has 2 heterocycles. The van der Waals surface area contributed by atoms with Crippen LogP contribution in [0.15, 0.2) is 0 Å². The molecule has 1 aliphatic carbocycles. The number of carbonyl (C=O) groups is 3. The number of hydrogen-bond donors (Lipinski definition) is 3. The molecule has 0 aromatic heterocycles. The van der Waals surface area contributed by atoms with Crippen LogP contribution in [0.2, 0.25) is 0 Å². The minimum atomic E-state index is -0.746. The van der Waals surface area contributed by atoms with Gasteiger partial charge in [-0.25, -0.2) is 4.79 Å². The first-order chi connectivity index (χ1) is 10.6. The number of urea groups is 1. The highest BCUT2D eigenvalue weighted by atomic mass is 16.2. The number of carbonyl (C=O) groups excluding carboxylic acids is 3. The van der Waals surface area contributed by atoms with Crippen LogP contribution in [0.1, 0.15) is 44.9 Å². The Balaban J connectivity index is 1.58. The number of hydrogen-bond acceptors (Lipinski definition) is 4. The minimum absolute atomic E-state index is 0.137. The fourth-order valence-electron chi connectivity index (χ4n) is 3.70. The Labute approximate surface area is 130 Å². The molecule has 0 atom stereocenters. The maximum absolute atomic E-state index is 12.6. The van der Waals surface area contributed by atoms with Crippen LogP contribution in [0, 0.1) is 0 Å². The van der Waals surface area contributed by atoms with Gasteiger partial charge in [-0.05, 0) is 38.8 Å². The summed E-state index contributed by atoms with van der Waals surface area (Å²) in [4.78, 5) is 37.9. The summed E-state index contributed by atoms with van der Waals surface area (Å²) in [6.45, 7) is 1.60. The van der Waals surface area contributed by atoms with Gasteiger partial charge in [0.15, 0.2) is 0 Å². The van der Waals surface area contributed by atoms with Crippen LogP contribution in [0.3, 0.4) is 0 Å². The zero-order valence-electron chi connectivity index (χ0n) is 12.8. The summed E-state index contributed by atoms with van der Waals surface area (Å²) in [6.07, 6.45) is 6.13. The van der Waals surface area contributed by atoms with Gasteiger partial charge in [0, 0.05) is 6.04 Å². The predicted molar refractivity (Wildman–Crippen MR) is 80.1 cm³/mol. The van der Waals surface area contributed by atoms with Gasteiger partial charge in [-0.2, -0.15) is 0 Å². The normalized spacial score (nSPS) is 25.4. The molecule has 7 heteroatoms. The third-order valence-electron chi connectivity index (χ3n) is 4.96. The monoisotopic (exact) mass is 308 g/mol. The molecule has 0 aromatic rings. The molecule has 2 aliphatic heterocycles. The first kappa shape index (κ1) is 15.3. The van der Waals surface area contributed by atoms with E-state index in [-0.39, 0.29) is 24.4 Å². The van der Waals surface area contributed by atoms with Crippen molar-refractivity contribution in [2.24, 2.45) is 0 Å². The largest absolute Gasteiger partial charge is 0.352 e. The van der Waals surface area contributed by atoms with Crippen LogP contribution in [-0.2, 0) is 9.59 Å². The van der Waals surface area contributed by atoms with E-state index >= 15 is 0 Å². The van der Waals surface area contributed by atoms with Gasteiger partial charge >= 0.3 is 6.03 Å². The van der Waals surface area contributed by atoms with Gasteiger partial charge in [0.2, 0.25) is 5.91 Å². The smallest absolute Gasteiger partial charge is 0.325 e. The molecule has 0 aromatic carbocycles. The second-order valence-corrected chi connectivity index (χ2v) is 6.56. The Morgan fingerprint density at radius 1 is 1.18 bits per heavy atom. The van der Waals surface area contributed by atoms with Crippen molar-refractivity contribution >= 4 is 17.8 Å². The topological polar surface area (TPSA) is 90.5 Å². The number of imide groups is 1. The molecule has 1 spiro atoms. The van der Waals surface area contributed by atoms with Crippen LogP contribution in [0.4, 0.5) is 4.79 Å². The fourth-order valence-corrected chi connectivity index (χ4v) is 3.70. The van der Waals surface area contributed by atoms with E-state index in [2.05, 4.69) is 16.0 Å². The van der Waals surface area contributed by atoms with E-state index in [1.165, 1.54) is 0 Å². The van der Waals surface area contributed by atoms with Crippen LogP contribution in [0.25, 0.3) is 0 Å². The lowest BCUT2D eigenvalue weighted by Crippen LogP contribution is -2.50. The van der Waals surface area contributed by atoms with Crippen molar-refractivity contribution in [3.05, 3.63) is 0 Å². The highest BCUT2D eigenvalue weighted by Crippen LogP contribution is 2.33. The Bertz CT molecular complexity index is 467. The molecule has 3 aliphatic rings. The lowest BCUT2D eigenvalue weighted by atomic mass is 9.82. The van der Waals surface area contributed by atoms with Gasteiger partial charge in [0.1, 0.15) is 12.1 Å². The van der Waals surface area contributed by atoms with E-state index in [1.807, 2.05) is 0 Å². The molecule has 2 saturated heterocycles. The summed E-state index contributed by atoms with van der Waals surface area (Å²) in [5.41, 5.74) is -0.746. The van der Waals surface area contributed by atoms with Crippen molar-refractivity contribution in [3.8, 4) is 0 Å². The van der Waals surface area contributed by atoms with Gasteiger partial charge < -0.3 is 16.0 Å². The molecular weight excluding hydrogens is 284 g/mol. The van der Waals surface area contributed by atoms with Gasteiger partial charge in [-0.3, -0.25) is 14.5 Å². The molecule has 0 bridgehead atoms. The van der Waals surface area contributed by atoms with Gasteiger partial charge in [-0.15, -0.1) is 0 Å². The third-order valence-corrected chi connectivity index (χ3v) is 4.96. The summed E-state index contributed by atoms with van der Waals surface area (Å²) in [6, 6.07) is -0.287. The molecule has 3 fully saturated rings. The van der Waals surface area contributed by atoms with Crippen LogP contribution >= 0.6 is 0 Å². The van der Waals surface area contributed by atoms with E-state index in [0.717, 1.165) is 50.1 Å². The van der Waals surface area contributed by atoms with Crippen molar-refractivity contribution in [2.45, 2.75) is 56.5 Å². The second kappa shape index (κ2) is 6.24. The lowest BCUT2D eigenvalue weighted by Gasteiger charge is -2.30. The highest BCUT2D eigenvalue weighted by Gasteiger charge is 2.51. The number of nitrogens with one attached hydrogen (secondary N) is 3. The summed E-state index contributed by atoms with van der Waals surface area (Å²) < 4.78 is 0. The zero-order valence-corrected chi connectivity index (χ0v) is 12.8. The average Bonchev–Trinajstić information content (AvgIpc) is 2.73. The highest BCUT2D eigenvalue weighted by molar-refractivity contribution is 6.09. The summed E-state index contributed by atoms with van der Waals surface area (Å²) >= 11 is 0. The number of nitrogens with zero attached hydrogens (tertiary/aromatic N) is 1. The first-order valence-corrected chi connectivity index (χ1v) is 8.25. The molecule has 0 radical (unpaired) electrons. The van der Waals surface area contributed by atoms with E-state index in [4.69, 9.17) is 0 Å². The van der Waals surface area contributed by atoms with Crippen LogP contribution in [0.5, 0.6) is 0 Å². The van der Waals surface area contributed by atoms with Gasteiger partial charge in [-0.1, -0.05) is 19.3 Å². The van der Waals surface area contributed by atoms with Crippen LogP contribution in [-0.4, -0.2) is 54.0 Å². The maximum atomic E-state index is 12.6. The minimum Gasteiger partial charge on any atom is -0.352 e. The van der Waals surface area contributed by atoms with Gasteiger partial charge in [0.25, 0.3) is 5.91 Å². The molecule has 1 saturated carbocycles. The van der Waals surface area contributed by atoms with Crippen molar-refractivity contribution in [1.29, 1.82) is 0 Å². The fraction of sp³-hybridized carbons (Fsp3) is 0.800. The molecular formula is C15H24N4O3. The van der Waals surface area contributed by atoms with Crippen LogP contribution < -0.4 is 16.0 Å². The number of amides is 4. The Morgan fingerprint density at radius 3 is 2.55 bits per heavy atom. The maximum Gasteiger partial charge on any atom is 0.325 e. The predicted octanol–water partition coefficient (Wildman–Crippen LogP) is 0.109. The number of rotatable bonds is 3. The molecule has 22 heavy (non-hydrogen) atoms. The Kier molecular flexibility index (Phi) is 4.33. The van der Waals surface area contributed by atoms with E-state index in [0.29, 0.717) is 12.8 Å². The average molecular weight is 308 g/mol. The van der Waals surface area contributed by atoms with Crippen molar-refractivity contribution in [3.63, 3.8) is 0 Å². The standard InChI is InChI=1S/C15H24N4O3/c20-12(17-11-4-8-16-9-5-11)10-19-13(21)15(18-14(19)22)6-2-1-3-7-15/h11,16H,1-10H2,(H,17,20)(H,18,22). The summed E-state index contributed by atoms with van der Waals surface area (Å²) in [7, 11) is 0. The second-order valence-electron chi connectivity index (χ2n) is 6.56. The molecule has 122 valence electrons. The molecule has 3 N–H and O–H groups in total. The van der Waals surface area contributed by atoms with Crippen molar-refractivity contribution < 1.29 is 14.4 Å². The summed E-state index contributed by atoms with van der Waals surface area (Å²) in [5, 5.41) is 8.99. The Morgan fingerprint density at radius 2 is 1.86 bits per heavy atom. The quantitative estimate of drug-likeness (QED) is 0.646. The molecule has 0 unspecified atom stereocenters. The third kappa shape index (κ3) is 2.95. The van der Waals surface area contributed by atoms with Crippen molar-refractivity contribution in [2.75, 3.05) is 19.6 Å². The number of piperidine rings is 1. The molecule has 7 nitrogen and oxygen atoms in total. The SMILES string of the molecule is O=C(CN1C(=O)NC2(CCCCC2)C1=O)NC1CCNCC1. The van der Waals surface area contributed by atoms with Crippen molar-refractivity contribution in [1.82, 2.24) is 20.9 Å². The van der Waals surface area contributed by atoms with E-state index in [1.54, 1.807) is 0 Å². The molecule has 3 rings (SSSR count). The first-order valence-electron chi connectivity index (χ1n) is 8.25. The Hall–Kier alpha value is -1.63. The zero-order chi connectivity index (χ0) is 15.6.